The molecule has 0 radical (unpaired) electrons. The van der Waals surface area contributed by atoms with Crippen molar-refractivity contribution in [3.05, 3.63) is 48.2 Å². The Morgan fingerprint density at radius 1 is 1.18 bits per heavy atom. The molecule has 5 nitrogen and oxygen atoms in total. The standard InChI is InChI=1S/C17H18N2O3/c1-17(2,3)22-16(21)19-15-8-7-14(10-18-15)13-6-4-5-12(9-13)11-20/h4-11H,1-3H3,(H,18,19,21). The van der Waals surface area contributed by atoms with Gasteiger partial charge in [-0.2, -0.15) is 0 Å². The van der Waals surface area contributed by atoms with Gasteiger partial charge in [0, 0.05) is 17.3 Å². The molecule has 0 unspecified atom stereocenters. The summed E-state index contributed by atoms with van der Waals surface area (Å²) >= 11 is 0. The summed E-state index contributed by atoms with van der Waals surface area (Å²) in [5.74, 6) is 0.407. The van der Waals surface area contributed by atoms with E-state index in [0.29, 0.717) is 11.4 Å². The zero-order chi connectivity index (χ0) is 16.2. The van der Waals surface area contributed by atoms with Crippen LogP contribution in [0.25, 0.3) is 11.1 Å². The van der Waals surface area contributed by atoms with Crippen molar-refractivity contribution >= 4 is 18.2 Å². The lowest BCUT2D eigenvalue weighted by Crippen LogP contribution is -2.27. The summed E-state index contributed by atoms with van der Waals surface area (Å²) in [7, 11) is 0. The summed E-state index contributed by atoms with van der Waals surface area (Å²) in [6.45, 7) is 5.38. The number of ether oxygens (including phenoxy) is 1. The second-order valence-corrected chi connectivity index (χ2v) is 5.80. The Hall–Kier alpha value is -2.69. The molecule has 2 rings (SSSR count). The fourth-order valence-corrected chi connectivity index (χ4v) is 1.84. The maximum Gasteiger partial charge on any atom is 0.413 e. The molecule has 1 aromatic carbocycles. The van der Waals surface area contributed by atoms with Crippen LogP contribution in [0.4, 0.5) is 10.6 Å². The van der Waals surface area contributed by atoms with E-state index in [1.54, 1.807) is 45.2 Å². The van der Waals surface area contributed by atoms with Gasteiger partial charge >= 0.3 is 6.09 Å². The zero-order valence-electron chi connectivity index (χ0n) is 12.8. The van der Waals surface area contributed by atoms with Gasteiger partial charge in [0.2, 0.25) is 0 Å². The third-order valence-corrected chi connectivity index (χ3v) is 2.75. The Morgan fingerprint density at radius 2 is 1.95 bits per heavy atom. The van der Waals surface area contributed by atoms with Crippen LogP contribution in [-0.4, -0.2) is 23.0 Å². The third-order valence-electron chi connectivity index (χ3n) is 2.75. The Kier molecular flexibility index (Phi) is 4.56. The van der Waals surface area contributed by atoms with Crippen LogP contribution in [0.2, 0.25) is 0 Å². The number of nitrogens with zero attached hydrogens (tertiary/aromatic N) is 1. The molecule has 0 saturated heterocycles. The summed E-state index contributed by atoms with van der Waals surface area (Å²) in [5.41, 5.74) is 1.80. The van der Waals surface area contributed by atoms with Gasteiger partial charge in [0.1, 0.15) is 17.7 Å². The van der Waals surface area contributed by atoms with Gasteiger partial charge in [0.25, 0.3) is 0 Å². The van der Waals surface area contributed by atoms with Crippen LogP contribution >= 0.6 is 0 Å². The van der Waals surface area contributed by atoms with Gasteiger partial charge in [0.15, 0.2) is 0 Å². The van der Waals surface area contributed by atoms with E-state index in [1.807, 2.05) is 18.2 Å². The van der Waals surface area contributed by atoms with E-state index >= 15 is 0 Å². The molecule has 0 fully saturated rings. The Morgan fingerprint density at radius 3 is 2.55 bits per heavy atom. The van der Waals surface area contributed by atoms with E-state index in [2.05, 4.69) is 10.3 Å². The molecule has 114 valence electrons. The van der Waals surface area contributed by atoms with Crippen LogP contribution in [0.3, 0.4) is 0 Å². The second-order valence-electron chi connectivity index (χ2n) is 5.80. The van der Waals surface area contributed by atoms with E-state index in [0.717, 1.165) is 17.4 Å². The SMILES string of the molecule is CC(C)(C)OC(=O)Nc1ccc(-c2cccc(C=O)c2)cn1. The van der Waals surface area contributed by atoms with E-state index in [1.165, 1.54) is 0 Å². The van der Waals surface area contributed by atoms with E-state index in [-0.39, 0.29) is 0 Å². The molecule has 0 aliphatic carbocycles. The third kappa shape index (κ3) is 4.41. The van der Waals surface area contributed by atoms with Crippen molar-refractivity contribution in [2.75, 3.05) is 5.32 Å². The second kappa shape index (κ2) is 6.39. The average Bonchev–Trinajstić information content (AvgIpc) is 2.46. The smallest absolute Gasteiger partial charge is 0.413 e. The molecule has 22 heavy (non-hydrogen) atoms. The van der Waals surface area contributed by atoms with Gasteiger partial charge in [-0.05, 0) is 44.5 Å². The lowest BCUT2D eigenvalue weighted by Gasteiger charge is -2.19. The maximum absolute atomic E-state index is 11.7. The highest BCUT2D eigenvalue weighted by molar-refractivity contribution is 5.84. The minimum atomic E-state index is -0.556. The number of aldehydes is 1. The fraction of sp³-hybridized carbons (Fsp3) is 0.235. The van der Waals surface area contributed by atoms with Gasteiger partial charge in [-0.1, -0.05) is 18.2 Å². The highest BCUT2D eigenvalue weighted by Gasteiger charge is 2.16. The van der Waals surface area contributed by atoms with Gasteiger partial charge in [0.05, 0.1) is 0 Å². The quantitative estimate of drug-likeness (QED) is 0.872. The first kappa shape index (κ1) is 15.7. The van der Waals surface area contributed by atoms with Crippen molar-refractivity contribution in [3.8, 4) is 11.1 Å². The highest BCUT2D eigenvalue weighted by Crippen LogP contribution is 2.20. The number of carbonyl (C=O) groups excluding carboxylic acids is 2. The Labute approximate surface area is 129 Å². The van der Waals surface area contributed by atoms with Crippen molar-refractivity contribution in [1.29, 1.82) is 0 Å². The van der Waals surface area contributed by atoms with Crippen LogP contribution in [0, 0.1) is 0 Å². The van der Waals surface area contributed by atoms with Crippen molar-refractivity contribution in [2.45, 2.75) is 26.4 Å². The van der Waals surface area contributed by atoms with Gasteiger partial charge in [-0.15, -0.1) is 0 Å². The van der Waals surface area contributed by atoms with Crippen LogP contribution < -0.4 is 5.32 Å². The van der Waals surface area contributed by atoms with Crippen molar-refractivity contribution in [1.82, 2.24) is 4.98 Å². The predicted octanol–water partition coefficient (Wildman–Crippen LogP) is 3.91. The molecule has 1 aromatic heterocycles. The summed E-state index contributed by atoms with van der Waals surface area (Å²) in [6.07, 6.45) is 1.89. The van der Waals surface area contributed by atoms with Crippen molar-refractivity contribution in [3.63, 3.8) is 0 Å². The summed E-state index contributed by atoms with van der Waals surface area (Å²) in [5, 5.41) is 2.57. The molecule has 2 aromatic rings. The number of hydrogen-bond donors (Lipinski definition) is 1. The number of nitrogens with one attached hydrogen (secondary N) is 1. The first-order valence-electron chi connectivity index (χ1n) is 6.89. The average molecular weight is 298 g/mol. The van der Waals surface area contributed by atoms with Gasteiger partial charge < -0.3 is 4.74 Å². The number of carbonyl (C=O) groups is 2. The largest absolute Gasteiger partial charge is 0.444 e. The van der Waals surface area contributed by atoms with Crippen LogP contribution in [0.1, 0.15) is 31.1 Å². The number of benzene rings is 1. The molecule has 0 atom stereocenters. The van der Waals surface area contributed by atoms with Gasteiger partial charge in [-0.3, -0.25) is 10.1 Å². The van der Waals surface area contributed by atoms with Crippen LogP contribution in [0.15, 0.2) is 42.6 Å². The lowest BCUT2D eigenvalue weighted by molar-refractivity contribution is 0.0635. The molecule has 5 heteroatoms. The van der Waals surface area contributed by atoms with Crippen molar-refractivity contribution in [2.24, 2.45) is 0 Å². The molecular weight excluding hydrogens is 280 g/mol. The molecule has 1 N–H and O–H groups in total. The zero-order valence-corrected chi connectivity index (χ0v) is 12.8. The molecule has 1 amide bonds. The number of anilines is 1. The molecule has 0 aliphatic heterocycles. The number of pyridine rings is 1. The van der Waals surface area contributed by atoms with Crippen molar-refractivity contribution < 1.29 is 14.3 Å². The molecule has 0 bridgehead atoms. The normalized spacial score (nSPS) is 10.9. The molecule has 0 aliphatic rings. The topological polar surface area (TPSA) is 68.3 Å². The Bertz CT molecular complexity index is 673. The highest BCUT2D eigenvalue weighted by atomic mass is 16.6. The Balaban J connectivity index is 2.10. The lowest BCUT2D eigenvalue weighted by atomic mass is 10.1. The fourth-order valence-electron chi connectivity index (χ4n) is 1.84. The number of amides is 1. The number of hydrogen-bond acceptors (Lipinski definition) is 4. The number of aromatic nitrogens is 1. The first-order valence-corrected chi connectivity index (χ1v) is 6.89. The van der Waals surface area contributed by atoms with E-state index in [9.17, 15) is 9.59 Å². The van der Waals surface area contributed by atoms with Crippen LogP contribution in [0.5, 0.6) is 0 Å². The summed E-state index contributed by atoms with van der Waals surface area (Å²) in [4.78, 5) is 26.6. The minimum absolute atomic E-state index is 0.407. The van der Waals surface area contributed by atoms with Crippen LogP contribution in [-0.2, 0) is 4.74 Å². The molecule has 0 saturated carbocycles. The van der Waals surface area contributed by atoms with E-state index in [4.69, 9.17) is 4.74 Å². The molecule has 1 heterocycles. The number of rotatable bonds is 3. The summed E-state index contributed by atoms with van der Waals surface area (Å²) in [6, 6.07) is 10.7. The summed E-state index contributed by atoms with van der Waals surface area (Å²) < 4.78 is 5.16. The molecule has 0 spiro atoms. The maximum atomic E-state index is 11.7. The molecular formula is C17H18N2O3. The monoisotopic (exact) mass is 298 g/mol. The first-order chi connectivity index (χ1) is 10.4. The van der Waals surface area contributed by atoms with E-state index < -0.39 is 11.7 Å². The predicted molar refractivity (Wildman–Crippen MR) is 84.9 cm³/mol. The van der Waals surface area contributed by atoms with Gasteiger partial charge in [-0.25, -0.2) is 9.78 Å². The minimum Gasteiger partial charge on any atom is -0.444 e.